The Labute approximate surface area is 140 Å². The molecule has 0 spiro atoms. The number of halogens is 1. The number of aromatic nitrogens is 2. The highest BCUT2D eigenvalue weighted by Crippen LogP contribution is 2.33. The van der Waals surface area contributed by atoms with Gasteiger partial charge in [-0.2, -0.15) is 0 Å². The van der Waals surface area contributed by atoms with Gasteiger partial charge < -0.3 is 19.3 Å². The lowest BCUT2D eigenvalue weighted by Gasteiger charge is -2.47. The minimum absolute atomic E-state index is 0.197. The van der Waals surface area contributed by atoms with E-state index in [1.807, 2.05) is 6.07 Å². The number of piperidine rings is 1. The SMILES string of the molecule is COc1ccc2c(N3CCO[C@@H]4CCN(C)C[C@@H]43)ncnc2c1F. The maximum Gasteiger partial charge on any atom is 0.191 e. The molecular weight excluding hydrogens is 311 g/mol. The fourth-order valence-corrected chi connectivity index (χ4v) is 3.74. The van der Waals surface area contributed by atoms with Crippen molar-refractivity contribution >= 4 is 16.7 Å². The van der Waals surface area contributed by atoms with E-state index in [-0.39, 0.29) is 17.9 Å². The number of hydrogen-bond donors (Lipinski definition) is 0. The summed E-state index contributed by atoms with van der Waals surface area (Å²) in [5.74, 6) is 0.531. The van der Waals surface area contributed by atoms with Crippen molar-refractivity contribution in [2.24, 2.45) is 0 Å². The first kappa shape index (κ1) is 15.5. The molecule has 0 aliphatic carbocycles. The van der Waals surface area contributed by atoms with Gasteiger partial charge in [-0.3, -0.25) is 0 Å². The molecule has 0 amide bonds. The minimum Gasteiger partial charge on any atom is -0.494 e. The molecule has 6 nitrogen and oxygen atoms in total. The zero-order valence-electron chi connectivity index (χ0n) is 13.9. The predicted molar refractivity (Wildman–Crippen MR) is 89.0 cm³/mol. The number of fused-ring (bicyclic) bond motifs is 2. The third kappa shape index (κ3) is 2.48. The molecular formula is C17H21FN4O2. The average molecular weight is 332 g/mol. The van der Waals surface area contributed by atoms with Crippen LogP contribution in [-0.4, -0.2) is 67.4 Å². The normalized spacial score (nSPS) is 24.9. The molecule has 2 aliphatic heterocycles. The van der Waals surface area contributed by atoms with Gasteiger partial charge in [-0.05, 0) is 25.6 Å². The Kier molecular flexibility index (Phi) is 3.97. The summed E-state index contributed by atoms with van der Waals surface area (Å²) in [4.78, 5) is 13.2. The molecule has 0 bridgehead atoms. The van der Waals surface area contributed by atoms with Crippen LogP contribution in [0, 0.1) is 5.82 Å². The fraction of sp³-hybridized carbons (Fsp3) is 0.529. The summed E-state index contributed by atoms with van der Waals surface area (Å²) in [6, 6.07) is 3.69. The molecule has 0 saturated carbocycles. The first-order chi connectivity index (χ1) is 11.7. The van der Waals surface area contributed by atoms with Crippen molar-refractivity contribution in [2.45, 2.75) is 18.6 Å². The van der Waals surface area contributed by atoms with Crippen LogP contribution in [0.2, 0.25) is 0 Å². The van der Waals surface area contributed by atoms with Gasteiger partial charge in [-0.1, -0.05) is 0 Å². The second-order valence-corrected chi connectivity index (χ2v) is 6.40. The van der Waals surface area contributed by atoms with E-state index in [4.69, 9.17) is 9.47 Å². The Balaban J connectivity index is 1.79. The molecule has 24 heavy (non-hydrogen) atoms. The highest BCUT2D eigenvalue weighted by molar-refractivity contribution is 5.91. The first-order valence-electron chi connectivity index (χ1n) is 8.23. The summed E-state index contributed by atoms with van der Waals surface area (Å²) in [5.41, 5.74) is 0.298. The Morgan fingerprint density at radius 3 is 3.00 bits per heavy atom. The zero-order valence-corrected chi connectivity index (χ0v) is 13.9. The summed E-state index contributed by atoms with van der Waals surface area (Å²) < 4.78 is 25.6. The molecule has 4 rings (SSSR count). The Bertz CT molecular complexity index is 757. The molecule has 2 aromatic rings. The fourth-order valence-electron chi connectivity index (χ4n) is 3.74. The third-order valence-corrected chi connectivity index (χ3v) is 4.97. The van der Waals surface area contributed by atoms with Gasteiger partial charge in [0.05, 0.1) is 25.9 Å². The van der Waals surface area contributed by atoms with Gasteiger partial charge in [-0.15, -0.1) is 0 Å². The van der Waals surface area contributed by atoms with Crippen LogP contribution in [0.1, 0.15) is 6.42 Å². The summed E-state index contributed by atoms with van der Waals surface area (Å²) in [6.07, 6.45) is 2.63. The van der Waals surface area contributed by atoms with E-state index in [2.05, 4.69) is 26.8 Å². The summed E-state index contributed by atoms with van der Waals surface area (Å²) >= 11 is 0. The second kappa shape index (κ2) is 6.14. The Hall–Kier alpha value is -1.99. The van der Waals surface area contributed by atoms with Crippen molar-refractivity contribution in [1.29, 1.82) is 0 Å². The molecule has 2 aliphatic rings. The molecule has 3 heterocycles. The highest BCUT2D eigenvalue weighted by atomic mass is 19.1. The van der Waals surface area contributed by atoms with E-state index in [0.29, 0.717) is 17.5 Å². The summed E-state index contributed by atoms with van der Waals surface area (Å²) in [5, 5.41) is 0.713. The number of benzene rings is 1. The van der Waals surface area contributed by atoms with Gasteiger partial charge in [0.15, 0.2) is 11.6 Å². The van der Waals surface area contributed by atoms with E-state index in [0.717, 1.165) is 31.9 Å². The maximum absolute atomic E-state index is 14.5. The van der Waals surface area contributed by atoms with Crippen LogP contribution in [0.3, 0.4) is 0 Å². The Morgan fingerprint density at radius 2 is 2.17 bits per heavy atom. The number of anilines is 1. The van der Waals surface area contributed by atoms with Crippen molar-refractivity contribution in [3.8, 4) is 5.75 Å². The van der Waals surface area contributed by atoms with Gasteiger partial charge in [0.2, 0.25) is 0 Å². The quantitative estimate of drug-likeness (QED) is 0.834. The molecule has 7 heteroatoms. The van der Waals surface area contributed by atoms with Crippen LogP contribution in [-0.2, 0) is 4.74 Å². The number of likely N-dealkylation sites (N-methyl/N-ethyl adjacent to an activating group) is 1. The topological polar surface area (TPSA) is 50.7 Å². The molecule has 1 aromatic carbocycles. The summed E-state index contributed by atoms with van der Waals surface area (Å²) in [7, 11) is 3.57. The van der Waals surface area contributed by atoms with Crippen LogP contribution in [0.15, 0.2) is 18.5 Å². The van der Waals surface area contributed by atoms with Crippen molar-refractivity contribution in [3.05, 3.63) is 24.3 Å². The van der Waals surface area contributed by atoms with Crippen LogP contribution in [0.25, 0.3) is 10.9 Å². The predicted octanol–water partition coefficient (Wildman–Crippen LogP) is 1.69. The summed E-state index contributed by atoms with van der Waals surface area (Å²) in [6.45, 7) is 3.35. The van der Waals surface area contributed by atoms with Crippen molar-refractivity contribution in [3.63, 3.8) is 0 Å². The monoisotopic (exact) mass is 332 g/mol. The van der Waals surface area contributed by atoms with E-state index in [1.54, 1.807) is 6.07 Å². The molecule has 2 saturated heterocycles. The first-order valence-corrected chi connectivity index (χ1v) is 8.23. The second-order valence-electron chi connectivity index (χ2n) is 6.40. The molecule has 128 valence electrons. The van der Waals surface area contributed by atoms with Gasteiger partial charge in [-0.25, -0.2) is 14.4 Å². The average Bonchev–Trinajstić information content (AvgIpc) is 2.61. The smallest absolute Gasteiger partial charge is 0.191 e. The van der Waals surface area contributed by atoms with Gasteiger partial charge in [0, 0.05) is 25.0 Å². The molecule has 0 N–H and O–H groups in total. The molecule has 1 aromatic heterocycles. The number of methoxy groups -OCH3 is 1. The van der Waals surface area contributed by atoms with Crippen molar-refractivity contribution in [1.82, 2.24) is 14.9 Å². The van der Waals surface area contributed by atoms with Crippen LogP contribution in [0.5, 0.6) is 5.75 Å². The van der Waals surface area contributed by atoms with E-state index in [9.17, 15) is 4.39 Å². The molecule has 0 unspecified atom stereocenters. The molecule has 2 fully saturated rings. The van der Waals surface area contributed by atoms with Crippen LogP contribution < -0.4 is 9.64 Å². The zero-order chi connectivity index (χ0) is 16.7. The number of ether oxygens (including phenoxy) is 2. The standard InChI is InChI=1S/C17H21FN4O2/c1-21-6-5-13-12(9-21)22(7-8-24-13)17-11-3-4-14(23-2)15(18)16(11)19-10-20-17/h3-4,10,12-13H,5-9H2,1-2H3/t12-,13+/m0/s1. The maximum atomic E-state index is 14.5. The van der Waals surface area contributed by atoms with Gasteiger partial charge in [0.25, 0.3) is 0 Å². The lowest BCUT2D eigenvalue weighted by molar-refractivity contribution is -0.0244. The van der Waals surface area contributed by atoms with Gasteiger partial charge >= 0.3 is 0 Å². The highest BCUT2D eigenvalue weighted by Gasteiger charge is 2.37. The molecule has 0 radical (unpaired) electrons. The van der Waals surface area contributed by atoms with Crippen LogP contribution >= 0.6 is 0 Å². The van der Waals surface area contributed by atoms with E-state index >= 15 is 0 Å². The number of likely N-dealkylation sites (tertiary alicyclic amines) is 1. The minimum atomic E-state index is -0.441. The number of rotatable bonds is 2. The lowest BCUT2D eigenvalue weighted by atomic mass is 9.98. The van der Waals surface area contributed by atoms with E-state index in [1.165, 1.54) is 13.4 Å². The van der Waals surface area contributed by atoms with Gasteiger partial charge in [0.1, 0.15) is 17.7 Å². The lowest BCUT2D eigenvalue weighted by Crippen LogP contribution is -2.59. The van der Waals surface area contributed by atoms with E-state index < -0.39 is 5.82 Å². The van der Waals surface area contributed by atoms with Crippen molar-refractivity contribution < 1.29 is 13.9 Å². The van der Waals surface area contributed by atoms with Crippen molar-refractivity contribution in [2.75, 3.05) is 45.3 Å². The number of hydrogen-bond acceptors (Lipinski definition) is 6. The largest absolute Gasteiger partial charge is 0.494 e. The molecule has 2 atom stereocenters. The third-order valence-electron chi connectivity index (χ3n) is 4.97. The van der Waals surface area contributed by atoms with Crippen LogP contribution in [0.4, 0.5) is 10.2 Å². The number of morpholine rings is 1. The number of nitrogens with zero attached hydrogens (tertiary/aromatic N) is 4. The Morgan fingerprint density at radius 1 is 1.29 bits per heavy atom.